The second-order valence-electron chi connectivity index (χ2n) is 6.24. The van der Waals surface area contributed by atoms with Gasteiger partial charge in [0.05, 0.1) is 12.0 Å². The van der Waals surface area contributed by atoms with E-state index in [0.29, 0.717) is 0 Å². The van der Waals surface area contributed by atoms with Crippen LogP contribution in [0.15, 0.2) is 36.7 Å². The summed E-state index contributed by atoms with van der Waals surface area (Å²) >= 11 is 0. The van der Waals surface area contributed by atoms with Gasteiger partial charge in [-0.1, -0.05) is 18.2 Å². The van der Waals surface area contributed by atoms with Gasteiger partial charge in [0.25, 0.3) is 0 Å². The summed E-state index contributed by atoms with van der Waals surface area (Å²) in [6, 6.07) is 10.1. The SMILES string of the molecule is CNC(=O)N(c1ccccc1)C1CCN(Cc2nc[nH]c2C)CC1. The molecule has 1 aliphatic heterocycles. The van der Waals surface area contributed by atoms with Gasteiger partial charge in [0.15, 0.2) is 0 Å². The summed E-state index contributed by atoms with van der Waals surface area (Å²) in [6.07, 6.45) is 3.68. The van der Waals surface area contributed by atoms with Gasteiger partial charge in [0, 0.05) is 44.1 Å². The largest absolute Gasteiger partial charge is 0.348 e. The van der Waals surface area contributed by atoms with Gasteiger partial charge in [-0.15, -0.1) is 0 Å². The molecule has 1 aromatic carbocycles. The Labute approximate surface area is 142 Å². The number of carbonyl (C=O) groups excluding carboxylic acids is 1. The number of amides is 2. The third-order valence-corrected chi connectivity index (χ3v) is 4.70. The molecular weight excluding hydrogens is 302 g/mol. The molecule has 1 aromatic heterocycles. The van der Waals surface area contributed by atoms with Crippen LogP contribution in [0.25, 0.3) is 0 Å². The van der Waals surface area contributed by atoms with Crippen LogP contribution in [0.4, 0.5) is 10.5 Å². The summed E-state index contributed by atoms with van der Waals surface area (Å²) < 4.78 is 0. The average Bonchev–Trinajstić information content (AvgIpc) is 3.02. The van der Waals surface area contributed by atoms with Crippen LogP contribution < -0.4 is 10.2 Å². The molecule has 3 rings (SSSR count). The lowest BCUT2D eigenvalue weighted by Gasteiger charge is -2.38. The van der Waals surface area contributed by atoms with Gasteiger partial charge in [-0.3, -0.25) is 9.80 Å². The third kappa shape index (κ3) is 3.59. The van der Waals surface area contributed by atoms with Gasteiger partial charge in [-0.05, 0) is 31.9 Å². The van der Waals surface area contributed by atoms with Crippen molar-refractivity contribution in [3.05, 3.63) is 48.0 Å². The van der Waals surface area contributed by atoms with Crippen molar-refractivity contribution in [1.82, 2.24) is 20.2 Å². The smallest absolute Gasteiger partial charge is 0.321 e. The predicted molar refractivity (Wildman–Crippen MR) is 95.0 cm³/mol. The molecule has 2 N–H and O–H groups in total. The first-order valence-electron chi connectivity index (χ1n) is 8.46. The molecule has 0 radical (unpaired) electrons. The standard InChI is InChI=1S/C18H25N5O/c1-14-17(21-13-20-14)12-22-10-8-16(9-11-22)23(18(24)19-2)15-6-4-3-5-7-15/h3-7,13,16H,8-12H2,1-2H3,(H,19,24)(H,20,21). The number of urea groups is 1. The van der Waals surface area contributed by atoms with Gasteiger partial charge in [-0.2, -0.15) is 0 Å². The zero-order chi connectivity index (χ0) is 16.9. The van der Waals surface area contributed by atoms with Crippen LogP contribution in [0.2, 0.25) is 0 Å². The van der Waals surface area contributed by atoms with Gasteiger partial charge in [0.1, 0.15) is 0 Å². The Morgan fingerprint density at radius 1 is 1.33 bits per heavy atom. The van der Waals surface area contributed by atoms with E-state index < -0.39 is 0 Å². The molecule has 1 fully saturated rings. The quantitative estimate of drug-likeness (QED) is 0.907. The van der Waals surface area contributed by atoms with Crippen molar-refractivity contribution in [2.24, 2.45) is 0 Å². The minimum Gasteiger partial charge on any atom is -0.348 e. The molecular formula is C18H25N5O. The van der Waals surface area contributed by atoms with E-state index in [0.717, 1.165) is 49.6 Å². The first-order valence-corrected chi connectivity index (χ1v) is 8.46. The number of aromatic amines is 1. The molecule has 24 heavy (non-hydrogen) atoms. The Morgan fingerprint density at radius 2 is 2.04 bits per heavy atom. The summed E-state index contributed by atoms with van der Waals surface area (Å²) in [6.45, 7) is 4.86. The second kappa shape index (κ2) is 7.49. The number of H-pyrrole nitrogens is 1. The van der Waals surface area contributed by atoms with Gasteiger partial charge >= 0.3 is 6.03 Å². The van der Waals surface area contributed by atoms with E-state index >= 15 is 0 Å². The number of para-hydroxylation sites is 1. The van der Waals surface area contributed by atoms with E-state index in [9.17, 15) is 4.79 Å². The van der Waals surface area contributed by atoms with E-state index in [4.69, 9.17) is 0 Å². The Balaban J connectivity index is 1.65. The summed E-state index contributed by atoms with van der Waals surface area (Å²) in [5.74, 6) is 0. The highest BCUT2D eigenvalue weighted by atomic mass is 16.2. The molecule has 6 heteroatoms. The van der Waals surface area contributed by atoms with E-state index in [1.54, 1.807) is 13.4 Å². The number of rotatable bonds is 4. The zero-order valence-electron chi connectivity index (χ0n) is 14.3. The number of carbonyl (C=O) groups is 1. The van der Waals surface area contributed by atoms with Gasteiger partial charge in [0.2, 0.25) is 0 Å². The monoisotopic (exact) mass is 327 g/mol. The number of hydrogen-bond acceptors (Lipinski definition) is 3. The maximum absolute atomic E-state index is 12.4. The summed E-state index contributed by atoms with van der Waals surface area (Å²) in [4.78, 5) is 24.2. The predicted octanol–water partition coefficient (Wildman–Crippen LogP) is 2.53. The highest BCUT2D eigenvalue weighted by molar-refractivity contribution is 5.92. The molecule has 6 nitrogen and oxygen atoms in total. The van der Waals surface area contributed by atoms with Crippen LogP contribution in [-0.4, -0.2) is 47.1 Å². The van der Waals surface area contributed by atoms with Crippen LogP contribution in [0.1, 0.15) is 24.2 Å². The molecule has 2 amide bonds. The number of imidazole rings is 1. The number of nitrogens with zero attached hydrogens (tertiary/aromatic N) is 3. The fourth-order valence-corrected chi connectivity index (χ4v) is 3.30. The molecule has 0 saturated carbocycles. The number of piperidine rings is 1. The lowest BCUT2D eigenvalue weighted by molar-refractivity contribution is 0.196. The van der Waals surface area contributed by atoms with Crippen molar-refractivity contribution in [2.45, 2.75) is 32.4 Å². The number of benzene rings is 1. The molecule has 1 saturated heterocycles. The van der Waals surface area contributed by atoms with Crippen LogP contribution in [-0.2, 0) is 6.54 Å². The van der Waals surface area contributed by atoms with Crippen molar-refractivity contribution < 1.29 is 4.79 Å². The number of aromatic nitrogens is 2. The Bertz CT molecular complexity index is 661. The fraction of sp³-hybridized carbons (Fsp3) is 0.444. The minimum atomic E-state index is -0.0391. The van der Waals surface area contributed by atoms with Crippen molar-refractivity contribution in [1.29, 1.82) is 0 Å². The molecule has 0 unspecified atom stereocenters. The van der Waals surface area contributed by atoms with Gasteiger partial charge < -0.3 is 10.3 Å². The number of nitrogens with one attached hydrogen (secondary N) is 2. The maximum atomic E-state index is 12.4. The minimum absolute atomic E-state index is 0.0391. The highest BCUT2D eigenvalue weighted by Gasteiger charge is 2.28. The van der Waals surface area contributed by atoms with E-state index in [2.05, 4.69) is 27.1 Å². The average molecular weight is 327 g/mol. The molecule has 0 aliphatic carbocycles. The van der Waals surface area contributed by atoms with Crippen LogP contribution >= 0.6 is 0 Å². The first kappa shape index (κ1) is 16.5. The number of anilines is 1. The summed E-state index contributed by atoms with van der Waals surface area (Å²) in [7, 11) is 1.69. The molecule has 128 valence electrons. The molecule has 0 spiro atoms. The van der Waals surface area contributed by atoms with Gasteiger partial charge in [-0.25, -0.2) is 9.78 Å². The molecule has 2 heterocycles. The molecule has 2 aromatic rings. The Kier molecular flexibility index (Phi) is 5.15. The molecule has 0 atom stereocenters. The first-order chi connectivity index (χ1) is 11.7. The van der Waals surface area contributed by atoms with Crippen LogP contribution in [0, 0.1) is 6.92 Å². The zero-order valence-corrected chi connectivity index (χ0v) is 14.3. The van der Waals surface area contributed by atoms with Crippen molar-refractivity contribution in [2.75, 3.05) is 25.0 Å². The number of hydrogen-bond donors (Lipinski definition) is 2. The van der Waals surface area contributed by atoms with Crippen molar-refractivity contribution in [3.63, 3.8) is 0 Å². The summed E-state index contributed by atoms with van der Waals surface area (Å²) in [5.41, 5.74) is 3.20. The molecule has 0 bridgehead atoms. The highest BCUT2D eigenvalue weighted by Crippen LogP contribution is 2.24. The molecule has 1 aliphatic rings. The van der Waals surface area contributed by atoms with Crippen molar-refractivity contribution >= 4 is 11.7 Å². The number of aryl methyl sites for hydroxylation is 1. The van der Waals surface area contributed by atoms with E-state index in [1.165, 1.54) is 0 Å². The Hall–Kier alpha value is -2.34. The maximum Gasteiger partial charge on any atom is 0.321 e. The third-order valence-electron chi connectivity index (χ3n) is 4.70. The van der Waals surface area contributed by atoms with E-state index in [-0.39, 0.29) is 12.1 Å². The van der Waals surface area contributed by atoms with Crippen molar-refractivity contribution in [3.8, 4) is 0 Å². The second-order valence-corrected chi connectivity index (χ2v) is 6.24. The number of likely N-dealkylation sites (tertiary alicyclic amines) is 1. The summed E-state index contributed by atoms with van der Waals surface area (Å²) in [5, 5.41) is 2.78. The fourth-order valence-electron chi connectivity index (χ4n) is 3.30. The normalized spacial score (nSPS) is 16.1. The lowest BCUT2D eigenvalue weighted by Crippen LogP contribution is -2.50. The van der Waals surface area contributed by atoms with Crippen LogP contribution in [0.3, 0.4) is 0 Å². The Morgan fingerprint density at radius 3 is 2.62 bits per heavy atom. The van der Waals surface area contributed by atoms with E-state index in [1.807, 2.05) is 35.2 Å². The lowest BCUT2D eigenvalue weighted by atomic mass is 10.0. The topological polar surface area (TPSA) is 64.3 Å². The van der Waals surface area contributed by atoms with Crippen LogP contribution in [0.5, 0.6) is 0 Å².